The van der Waals surface area contributed by atoms with Crippen molar-refractivity contribution in [3.63, 3.8) is 0 Å². The Morgan fingerprint density at radius 3 is 1.66 bits per heavy atom. The fourth-order valence-electron chi connectivity index (χ4n) is 5.92. The summed E-state index contributed by atoms with van der Waals surface area (Å²) in [6.45, 7) is 19.8. The van der Waals surface area contributed by atoms with Gasteiger partial charge in [-0.15, -0.1) is 0 Å². The molecule has 5 N–H and O–H groups in total. The van der Waals surface area contributed by atoms with E-state index in [-0.39, 0.29) is 29.9 Å². The van der Waals surface area contributed by atoms with Crippen molar-refractivity contribution in [3.05, 3.63) is 102 Å². The number of aliphatic carboxylic acids is 2. The number of alkyl carbamates (subject to hydrolysis) is 2. The molecule has 0 saturated heterocycles. The fourth-order valence-corrected chi connectivity index (χ4v) is 7.01. The van der Waals surface area contributed by atoms with Crippen LogP contribution in [0.4, 0.5) is 9.59 Å². The summed E-state index contributed by atoms with van der Waals surface area (Å²) >= 11 is 0. The number of carboxylic acid groups (broad SMARTS) is 2. The van der Waals surface area contributed by atoms with E-state index in [0.717, 1.165) is 38.5 Å². The molecule has 61 heavy (non-hydrogen) atoms. The first-order valence-electron chi connectivity index (χ1n) is 19.8. The summed E-state index contributed by atoms with van der Waals surface area (Å²) in [5, 5.41) is 25.6. The smallest absolute Gasteiger partial charge is 0.408 e. The normalized spacial score (nSPS) is 12.7. The summed E-state index contributed by atoms with van der Waals surface area (Å²) in [6.07, 6.45) is 2.29. The third kappa shape index (κ3) is 15.9. The molecular formula is C45H60N4O11S. The number of ether oxygens (including phenoxy) is 2. The van der Waals surface area contributed by atoms with Crippen molar-refractivity contribution >= 4 is 56.0 Å². The third-order valence-corrected chi connectivity index (χ3v) is 10.00. The van der Waals surface area contributed by atoms with Crippen LogP contribution in [-0.4, -0.2) is 81.7 Å². The van der Waals surface area contributed by atoms with Crippen LogP contribution in [0.2, 0.25) is 0 Å². The number of rotatable bonds is 12. The molecule has 3 aromatic carbocycles. The first kappa shape index (κ1) is 49.5. The van der Waals surface area contributed by atoms with Gasteiger partial charge in [-0.25, -0.2) is 19.2 Å². The summed E-state index contributed by atoms with van der Waals surface area (Å²) in [5.74, 6) is -2.19. The van der Waals surface area contributed by atoms with Crippen molar-refractivity contribution in [1.29, 1.82) is 0 Å². The maximum absolute atomic E-state index is 11.9. The minimum absolute atomic E-state index is 0.179. The maximum atomic E-state index is 11.9. The van der Waals surface area contributed by atoms with Crippen molar-refractivity contribution in [2.45, 2.75) is 129 Å². The molecule has 5 aromatic rings. The molecule has 2 amide bonds. The number of carbonyl (C=O) groups excluding carboxylic acids is 2. The topological polar surface area (TPSA) is 215 Å². The molecule has 2 atom stereocenters. The largest absolute Gasteiger partial charge is 0.480 e. The highest BCUT2D eigenvalue weighted by Gasteiger charge is 2.27. The highest BCUT2D eigenvalue weighted by Crippen LogP contribution is 2.26. The molecule has 0 aliphatic heterocycles. The van der Waals surface area contributed by atoms with Crippen LogP contribution in [0.25, 0.3) is 21.8 Å². The van der Waals surface area contributed by atoms with Crippen LogP contribution in [0.1, 0.15) is 92.0 Å². The molecule has 0 unspecified atom stereocenters. The van der Waals surface area contributed by atoms with Crippen LogP contribution in [0.3, 0.4) is 0 Å². The summed E-state index contributed by atoms with van der Waals surface area (Å²) in [5.41, 5.74) is 3.36. The molecule has 0 aliphatic rings. The lowest BCUT2D eigenvalue weighted by Crippen LogP contribution is -2.44. The van der Waals surface area contributed by atoms with Gasteiger partial charge in [-0.2, -0.15) is 8.42 Å². The van der Waals surface area contributed by atoms with Gasteiger partial charge < -0.3 is 39.9 Å². The number of carbonyl (C=O) groups is 4. The second-order valence-corrected chi connectivity index (χ2v) is 18.5. The van der Waals surface area contributed by atoms with Gasteiger partial charge in [0.15, 0.2) is 0 Å². The van der Waals surface area contributed by atoms with Crippen molar-refractivity contribution in [2.75, 3.05) is 0 Å². The first-order valence-corrected chi connectivity index (χ1v) is 21.2. The van der Waals surface area contributed by atoms with E-state index in [1.165, 1.54) is 0 Å². The van der Waals surface area contributed by atoms with Gasteiger partial charge in [0, 0.05) is 53.1 Å². The lowest BCUT2D eigenvalue weighted by Gasteiger charge is -2.22. The second-order valence-electron chi connectivity index (χ2n) is 16.9. The molecule has 0 aliphatic carbocycles. The first-order chi connectivity index (χ1) is 28.3. The zero-order valence-electron chi connectivity index (χ0n) is 36.7. The lowest BCUT2D eigenvalue weighted by atomic mass is 10.1. The maximum Gasteiger partial charge on any atom is 0.408 e. The molecule has 2 heterocycles. The van der Waals surface area contributed by atoms with Crippen molar-refractivity contribution in [1.82, 2.24) is 20.2 Å². The van der Waals surface area contributed by atoms with Crippen LogP contribution < -0.4 is 10.6 Å². The summed E-state index contributed by atoms with van der Waals surface area (Å²) in [4.78, 5) is 50.0. The third-order valence-electron chi connectivity index (χ3n) is 8.51. The van der Waals surface area contributed by atoms with E-state index in [9.17, 15) is 37.8 Å². The van der Waals surface area contributed by atoms with Crippen LogP contribution in [0.5, 0.6) is 0 Å². The number of aromatic nitrogens is 2. The summed E-state index contributed by atoms with van der Waals surface area (Å²) < 4.78 is 40.3. The van der Waals surface area contributed by atoms with E-state index in [1.54, 1.807) is 85.9 Å². The average molecular weight is 865 g/mol. The summed E-state index contributed by atoms with van der Waals surface area (Å²) in [6, 6.07) is 20.2. The Morgan fingerprint density at radius 2 is 1.18 bits per heavy atom. The predicted octanol–water partition coefficient (Wildman–Crippen LogP) is 8.54. The number of para-hydroxylation sites is 2. The fraction of sp³-hybridized carbons (Fsp3) is 0.422. The minimum atomic E-state index is -3.58. The molecule has 2 aromatic heterocycles. The minimum Gasteiger partial charge on any atom is -0.480 e. The van der Waals surface area contributed by atoms with Crippen LogP contribution in [-0.2, 0) is 46.2 Å². The molecular weight excluding hydrogens is 805 g/mol. The molecule has 0 bridgehead atoms. The van der Waals surface area contributed by atoms with Gasteiger partial charge in [-0.05, 0) is 112 Å². The van der Waals surface area contributed by atoms with E-state index < -0.39 is 57.5 Å². The summed E-state index contributed by atoms with van der Waals surface area (Å²) in [7, 11) is -3.58. The molecule has 0 fully saturated rings. The van der Waals surface area contributed by atoms with Crippen molar-refractivity contribution in [3.8, 4) is 0 Å². The zero-order valence-corrected chi connectivity index (χ0v) is 37.5. The van der Waals surface area contributed by atoms with Crippen LogP contribution in [0, 0.1) is 6.92 Å². The number of nitrogens with one attached hydrogen (secondary N) is 3. The zero-order chi connectivity index (χ0) is 45.9. The molecule has 15 nitrogen and oxygen atoms in total. The van der Waals surface area contributed by atoms with E-state index >= 15 is 0 Å². The number of fused-ring (bicyclic) bond motifs is 2. The van der Waals surface area contributed by atoms with E-state index in [1.807, 2.05) is 61.7 Å². The Bertz CT molecular complexity index is 2370. The van der Waals surface area contributed by atoms with Crippen LogP contribution >= 0.6 is 0 Å². The van der Waals surface area contributed by atoms with E-state index in [2.05, 4.69) is 34.0 Å². The Balaban J connectivity index is 0.000000254. The van der Waals surface area contributed by atoms with Crippen molar-refractivity contribution in [2.24, 2.45) is 0 Å². The van der Waals surface area contributed by atoms with E-state index in [0.29, 0.717) is 0 Å². The monoisotopic (exact) mass is 864 g/mol. The van der Waals surface area contributed by atoms with Gasteiger partial charge >= 0.3 is 24.1 Å². The Morgan fingerprint density at radius 1 is 0.705 bits per heavy atom. The molecule has 0 saturated carbocycles. The molecule has 0 spiro atoms. The predicted molar refractivity (Wildman–Crippen MR) is 234 cm³/mol. The number of aromatic amines is 1. The Labute approximate surface area is 357 Å². The Hall–Kier alpha value is -5.87. The number of aryl methyl sites for hydroxylation is 1. The van der Waals surface area contributed by atoms with Gasteiger partial charge in [0.2, 0.25) is 0 Å². The number of hydrogen-bond acceptors (Lipinski definition) is 9. The quantitative estimate of drug-likeness (QED) is 0.0749. The van der Waals surface area contributed by atoms with Crippen molar-refractivity contribution < 1.29 is 51.5 Å². The number of nitrogens with zero attached hydrogens (tertiary/aromatic N) is 1. The van der Waals surface area contributed by atoms with Gasteiger partial charge in [-0.3, -0.25) is 4.18 Å². The van der Waals surface area contributed by atoms with Gasteiger partial charge in [0.05, 0.1) is 11.0 Å². The molecule has 16 heteroatoms. The van der Waals surface area contributed by atoms with Gasteiger partial charge in [0.1, 0.15) is 23.3 Å². The molecule has 332 valence electrons. The van der Waals surface area contributed by atoms with E-state index in [4.69, 9.17) is 13.7 Å². The van der Waals surface area contributed by atoms with Crippen LogP contribution in [0.15, 0.2) is 90.1 Å². The standard InChI is InChI=1S/C19H26N2O4.C16H20N2O4.C10H14O3S/c1-12(2)21-11-13(14-8-6-7-9-16(14)21)10-15(17(22)23)20-18(24)25-19(3,4)5;1-16(2,3)22-15(21)18-13(14(19)20)8-10-9-17-12-7-5-4-6-11(10)12;1-8(2)13-14(11,12)10-6-4-9(3)5-7-10/h6-9,11-12,15H,10H2,1-5H3,(H,20,24)(H,22,23);4-7,9,13,17H,8H2,1-3H3,(H,18,21)(H,19,20);4-8H,1-3H3/t15-;13-;/m11./s1. The highest BCUT2D eigenvalue weighted by molar-refractivity contribution is 7.86. The number of amides is 2. The lowest BCUT2D eigenvalue weighted by molar-refractivity contribution is -0.140. The van der Waals surface area contributed by atoms with Gasteiger partial charge in [-0.1, -0.05) is 54.1 Å². The Kier molecular flexibility index (Phi) is 17.1. The highest BCUT2D eigenvalue weighted by atomic mass is 32.2. The SMILES string of the molecule is CC(C)(C)OC(=O)N[C@H](Cc1c[nH]c2ccccc12)C(=O)O.CC(C)n1cc(C[C@@H](NC(=O)OC(C)(C)C)C(=O)O)c2ccccc21.Cc1ccc(S(=O)(=O)OC(C)C)cc1. The number of hydrogen-bond donors (Lipinski definition) is 5. The number of H-pyrrole nitrogens is 1. The average Bonchev–Trinajstić information content (AvgIpc) is 3.71. The second kappa shape index (κ2) is 21.1. The number of benzene rings is 3. The molecule has 5 rings (SSSR count). The molecule has 0 radical (unpaired) electrons. The van der Waals surface area contributed by atoms with Gasteiger partial charge in [0.25, 0.3) is 10.1 Å². The number of carboxylic acids is 2.